The molecule has 2 fully saturated rings. The first kappa shape index (κ1) is 22.6. The lowest BCUT2D eigenvalue weighted by molar-refractivity contribution is -0.138. The highest BCUT2D eigenvalue weighted by Gasteiger charge is 2.32. The fourth-order valence-corrected chi connectivity index (χ4v) is 4.31. The molecule has 0 aromatic heterocycles. The molecule has 3 amide bonds. The van der Waals surface area contributed by atoms with E-state index in [2.05, 4.69) is 41.4 Å². The topological polar surface area (TPSA) is 108 Å². The van der Waals surface area contributed by atoms with Crippen LogP contribution in [-0.4, -0.2) is 53.8 Å². The molecule has 0 bridgehead atoms. The Balaban J connectivity index is 1.35. The third-order valence-electron chi connectivity index (χ3n) is 6.00. The van der Waals surface area contributed by atoms with Gasteiger partial charge in [0.15, 0.2) is 0 Å². The van der Waals surface area contributed by atoms with Crippen molar-refractivity contribution in [1.82, 2.24) is 15.7 Å². The molecule has 2 aliphatic rings. The van der Waals surface area contributed by atoms with Gasteiger partial charge in [-0.15, -0.1) is 0 Å². The fraction of sp³-hybridized carbons (Fsp3) is 0.522. The van der Waals surface area contributed by atoms with E-state index in [0.29, 0.717) is 31.6 Å². The number of hydroxylamine groups is 1. The van der Waals surface area contributed by atoms with Gasteiger partial charge in [-0.05, 0) is 55.9 Å². The zero-order valence-electron chi connectivity index (χ0n) is 17.5. The summed E-state index contributed by atoms with van der Waals surface area (Å²) in [6.07, 6.45) is 3.91. The van der Waals surface area contributed by atoms with Gasteiger partial charge in [-0.2, -0.15) is 0 Å². The molecule has 3 N–H and O–H groups in total. The lowest BCUT2D eigenvalue weighted by Crippen LogP contribution is -2.43. The zero-order valence-corrected chi connectivity index (χ0v) is 17.5. The van der Waals surface area contributed by atoms with E-state index in [1.54, 1.807) is 0 Å². The second kappa shape index (κ2) is 11.4. The number of hydrogen-bond donors (Lipinski definition) is 3. The highest BCUT2D eigenvalue weighted by molar-refractivity contribution is 5.92. The van der Waals surface area contributed by atoms with Gasteiger partial charge in [0.2, 0.25) is 5.91 Å². The lowest BCUT2D eigenvalue weighted by atomic mass is 9.85. The molecule has 0 unspecified atom stereocenters. The Labute approximate surface area is 182 Å². The number of carbonyl (C=O) groups is 3. The molecule has 0 spiro atoms. The Morgan fingerprint density at radius 1 is 1.03 bits per heavy atom. The van der Waals surface area contributed by atoms with Gasteiger partial charge in [0.1, 0.15) is 6.10 Å². The lowest BCUT2D eigenvalue weighted by Gasteiger charge is -2.36. The van der Waals surface area contributed by atoms with Crippen molar-refractivity contribution in [2.24, 2.45) is 5.92 Å². The van der Waals surface area contributed by atoms with Crippen molar-refractivity contribution < 1.29 is 24.3 Å². The van der Waals surface area contributed by atoms with E-state index in [1.807, 2.05) is 11.0 Å². The van der Waals surface area contributed by atoms with Crippen LogP contribution in [0.2, 0.25) is 0 Å². The average Bonchev–Trinajstić information content (AvgIpc) is 2.82. The van der Waals surface area contributed by atoms with Crippen molar-refractivity contribution >= 4 is 17.9 Å². The molecule has 1 saturated heterocycles. The van der Waals surface area contributed by atoms with E-state index in [-0.39, 0.29) is 24.5 Å². The van der Waals surface area contributed by atoms with Crippen molar-refractivity contribution in [3.05, 3.63) is 35.9 Å². The minimum atomic E-state index is -0.845. The van der Waals surface area contributed by atoms with E-state index in [0.717, 1.165) is 25.9 Å². The predicted octanol–water partition coefficient (Wildman–Crippen LogP) is 2.19. The molecule has 1 aromatic carbocycles. The number of nitrogens with one attached hydrogen (secondary N) is 2. The maximum atomic E-state index is 12.9. The second-order valence-corrected chi connectivity index (χ2v) is 7.99. The normalized spacial score (nSPS) is 21.4. The molecule has 8 nitrogen and oxygen atoms in total. The highest BCUT2D eigenvalue weighted by atomic mass is 16.6. The van der Waals surface area contributed by atoms with Gasteiger partial charge in [0.25, 0.3) is 0 Å². The zero-order chi connectivity index (χ0) is 22.1. The Hall–Kier alpha value is -3.05. The summed E-state index contributed by atoms with van der Waals surface area (Å²) in [4.78, 5) is 37.5. The summed E-state index contributed by atoms with van der Waals surface area (Å²) in [6, 6.07) is 10.5. The number of alkyl carbamates (subject to hydrolysis) is 1. The minimum absolute atomic E-state index is 0.000882. The molecule has 166 valence electrons. The van der Waals surface area contributed by atoms with Crippen molar-refractivity contribution in [2.45, 2.75) is 50.5 Å². The number of carbonyl (C=O) groups excluding carboxylic acids is 3. The van der Waals surface area contributed by atoms with Gasteiger partial charge in [-0.25, -0.2) is 10.3 Å². The van der Waals surface area contributed by atoms with Crippen LogP contribution in [0.4, 0.5) is 4.79 Å². The quantitative estimate of drug-likeness (QED) is 0.388. The van der Waals surface area contributed by atoms with Crippen LogP contribution < -0.4 is 10.8 Å². The van der Waals surface area contributed by atoms with Crippen LogP contribution in [0.3, 0.4) is 0 Å². The summed E-state index contributed by atoms with van der Waals surface area (Å²) < 4.78 is 5.37. The molecule has 1 heterocycles. The Morgan fingerprint density at radius 2 is 1.71 bits per heavy atom. The number of benzene rings is 1. The van der Waals surface area contributed by atoms with E-state index in [1.165, 1.54) is 11.0 Å². The van der Waals surface area contributed by atoms with Gasteiger partial charge >= 0.3 is 12.0 Å². The van der Waals surface area contributed by atoms with Crippen LogP contribution in [0.1, 0.15) is 50.0 Å². The van der Waals surface area contributed by atoms with Gasteiger partial charge in [0, 0.05) is 19.0 Å². The summed E-state index contributed by atoms with van der Waals surface area (Å²) in [5.74, 6) is 4.39. The Kier molecular flexibility index (Phi) is 8.30. The summed E-state index contributed by atoms with van der Waals surface area (Å²) in [6.45, 7) is 1.54. The summed E-state index contributed by atoms with van der Waals surface area (Å²) in [5, 5.41) is 10.8. The Morgan fingerprint density at radius 3 is 2.35 bits per heavy atom. The molecule has 1 aliphatic carbocycles. The maximum Gasteiger partial charge on any atom is 0.408 e. The predicted molar refractivity (Wildman–Crippen MR) is 113 cm³/mol. The van der Waals surface area contributed by atoms with Gasteiger partial charge in [0.05, 0.1) is 6.54 Å². The summed E-state index contributed by atoms with van der Waals surface area (Å²) in [7, 11) is 0. The SMILES string of the molecule is O=C(C#CCNC(=O)OC1CCC(C(=O)N2CCC(c3ccccc3)CC2)CC1)NO. The molecule has 0 atom stereocenters. The molecule has 1 aromatic rings. The molecule has 1 aliphatic heterocycles. The van der Waals surface area contributed by atoms with Crippen LogP contribution in [0.15, 0.2) is 30.3 Å². The van der Waals surface area contributed by atoms with Gasteiger partial charge < -0.3 is 15.0 Å². The third kappa shape index (κ3) is 6.72. The monoisotopic (exact) mass is 427 g/mol. The van der Waals surface area contributed by atoms with Gasteiger partial charge in [-0.3, -0.25) is 14.8 Å². The average molecular weight is 428 g/mol. The van der Waals surface area contributed by atoms with Crippen LogP contribution in [0.25, 0.3) is 0 Å². The molecular weight excluding hydrogens is 398 g/mol. The molecule has 1 saturated carbocycles. The molecule has 3 rings (SSSR count). The maximum absolute atomic E-state index is 12.9. The van der Waals surface area contributed by atoms with Crippen LogP contribution in [-0.2, 0) is 14.3 Å². The van der Waals surface area contributed by atoms with Crippen molar-refractivity contribution in [2.75, 3.05) is 19.6 Å². The van der Waals surface area contributed by atoms with Crippen LogP contribution in [0.5, 0.6) is 0 Å². The van der Waals surface area contributed by atoms with Crippen molar-refractivity contribution in [1.29, 1.82) is 0 Å². The van der Waals surface area contributed by atoms with E-state index in [4.69, 9.17) is 9.94 Å². The molecule has 8 heteroatoms. The third-order valence-corrected chi connectivity index (χ3v) is 6.00. The first-order valence-electron chi connectivity index (χ1n) is 10.8. The number of nitrogens with zero attached hydrogens (tertiary/aromatic N) is 1. The number of likely N-dealkylation sites (tertiary alicyclic amines) is 1. The molecule has 0 radical (unpaired) electrons. The second-order valence-electron chi connectivity index (χ2n) is 7.99. The summed E-state index contributed by atoms with van der Waals surface area (Å²) >= 11 is 0. The first-order chi connectivity index (χ1) is 15.1. The number of hydrogen-bond acceptors (Lipinski definition) is 5. The van der Waals surface area contributed by atoms with Crippen LogP contribution in [0, 0.1) is 17.8 Å². The molecule has 31 heavy (non-hydrogen) atoms. The number of ether oxygens (including phenoxy) is 1. The standard InChI is InChI=1S/C23H29N3O5/c27-21(25-30)7-4-14-24-23(29)31-20-10-8-19(9-11-20)22(28)26-15-12-18(13-16-26)17-5-2-1-3-6-17/h1-3,5-6,18-20,30H,8-16H2,(H,24,29)(H,25,27). The number of piperidine rings is 1. The Bertz CT molecular complexity index is 817. The van der Waals surface area contributed by atoms with E-state index < -0.39 is 12.0 Å². The van der Waals surface area contributed by atoms with E-state index in [9.17, 15) is 14.4 Å². The largest absolute Gasteiger partial charge is 0.446 e. The summed E-state index contributed by atoms with van der Waals surface area (Å²) in [5.41, 5.74) is 2.73. The highest BCUT2D eigenvalue weighted by Crippen LogP contribution is 2.32. The minimum Gasteiger partial charge on any atom is -0.446 e. The van der Waals surface area contributed by atoms with Gasteiger partial charge in [-0.1, -0.05) is 36.3 Å². The van der Waals surface area contributed by atoms with Crippen molar-refractivity contribution in [3.63, 3.8) is 0 Å². The number of amides is 3. The smallest absolute Gasteiger partial charge is 0.408 e. The van der Waals surface area contributed by atoms with Crippen LogP contribution >= 0.6 is 0 Å². The fourth-order valence-electron chi connectivity index (χ4n) is 4.31. The first-order valence-corrected chi connectivity index (χ1v) is 10.8. The van der Waals surface area contributed by atoms with Crippen molar-refractivity contribution in [3.8, 4) is 11.8 Å². The molecular formula is C23H29N3O5. The van der Waals surface area contributed by atoms with E-state index >= 15 is 0 Å². The number of rotatable bonds is 4.